The van der Waals surface area contributed by atoms with Crippen molar-refractivity contribution in [3.63, 3.8) is 0 Å². The maximum Gasteiger partial charge on any atom is 0.137 e. The lowest BCUT2D eigenvalue weighted by atomic mass is 10.1. The summed E-state index contributed by atoms with van der Waals surface area (Å²) in [6, 6.07) is 6.16. The van der Waals surface area contributed by atoms with Crippen molar-refractivity contribution in [3.8, 4) is 0 Å². The highest BCUT2D eigenvalue weighted by molar-refractivity contribution is 9.10. The molecule has 0 aliphatic heterocycles. The van der Waals surface area contributed by atoms with Crippen LogP contribution in [0.25, 0.3) is 0 Å². The Balaban J connectivity index is 2.10. The molecule has 0 aromatic heterocycles. The number of halogens is 2. The van der Waals surface area contributed by atoms with Gasteiger partial charge in [-0.2, -0.15) is 0 Å². The Kier molecular flexibility index (Phi) is 2.88. The summed E-state index contributed by atoms with van der Waals surface area (Å²) < 4.78 is 13.5. The van der Waals surface area contributed by atoms with Gasteiger partial charge in [-0.25, -0.2) is 4.39 Å². The van der Waals surface area contributed by atoms with Gasteiger partial charge in [0.05, 0.1) is 4.47 Å². The third-order valence-corrected chi connectivity index (χ3v) is 3.11. The van der Waals surface area contributed by atoms with Gasteiger partial charge in [-0.15, -0.1) is 0 Å². The van der Waals surface area contributed by atoms with Crippen molar-refractivity contribution in [2.24, 2.45) is 0 Å². The van der Waals surface area contributed by atoms with Crippen molar-refractivity contribution in [2.45, 2.75) is 31.8 Å². The van der Waals surface area contributed by atoms with Gasteiger partial charge in [0, 0.05) is 12.1 Å². The van der Waals surface area contributed by atoms with E-state index < -0.39 is 0 Å². The number of hydrogen-bond donors (Lipinski definition) is 1. The average molecular weight is 258 g/mol. The summed E-state index contributed by atoms with van der Waals surface area (Å²) in [4.78, 5) is 0. The number of benzene rings is 1. The second-order valence-electron chi connectivity index (χ2n) is 3.84. The topological polar surface area (TPSA) is 12.0 Å². The van der Waals surface area contributed by atoms with Crippen molar-refractivity contribution in [2.75, 3.05) is 0 Å². The van der Waals surface area contributed by atoms with Crippen molar-refractivity contribution in [3.05, 3.63) is 34.1 Å². The minimum atomic E-state index is -0.202. The smallest absolute Gasteiger partial charge is 0.137 e. The van der Waals surface area contributed by atoms with Crippen molar-refractivity contribution >= 4 is 15.9 Å². The number of hydrogen-bond acceptors (Lipinski definition) is 1. The van der Waals surface area contributed by atoms with E-state index in [0.29, 0.717) is 16.6 Å². The van der Waals surface area contributed by atoms with Crippen LogP contribution in [0.5, 0.6) is 0 Å². The van der Waals surface area contributed by atoms with Crippen LogP contribution in [-0.2, 0) is 0 Å². The van der Waals surface area contributed by atoms with Crippen LogP contribution in [-0.4, -0.2) is 6.04 Å². The van der Waals surface area contributed by atoms with E-state index in [1.165, 1.54) is 18.9 Å². The standard InChI is InChI=1S/C11H13BrFN/c1-7(14-9-3-4-9)8-2-5-11(13)10(12)6-8/h2,5-7,9,14H,3-4H2,1H3. The zero-order chi connectivity index (χ0) is 10.1. The fraction of sp³-hybridized carbons (Fsp3) is 0.455. The maximum absolute atomic E-state index is 13.0. The van der Waals surface area contributed by atoms with Crippen LogP contribution in [0.3, 0.4) is 0 Å². The molecule has 0 amide bonds. The molecule has 1 unspecified atom stereocenters. The van der Waals surface area contributed by atoms with Crippen LogP contribution >= 0.6 is 15.9 Å². The molecule has 76 valence electrons. The van der Waals surface area contributed by atoms with Gasteiger partial charge in [-0.3, -0.25) is 0 Å². The molecule has 1 saturated carbocycles. The van der Waals surface area contributed by atoms with Gasteiger partial charge in [0.1, 0.15) is 5.82 Å². The quantitative estimate of drug-likeness (QED) is 0.876. The molecule has 1 N–H and O–H groups in total. The first-order valence-corrected chi connectivity index (χ1v) is 5.67. The Morgan fingerprint density at radius 2 is 2.21 bits per heavy atom. The van der Waals surface area contributed by atoms with Crippen LogP contribution in [0.2, 0.25) is 0 Å². The lowest BCUT2D eigenvalue weighted by Gasteiger charge is -2.13. The van der Waals surface area contributed by atoms with E-state index in [-0.39, 0.29) is 5.82 Å². The molecule has 3 heteroatoms. The predicted octanol–water partition coefficient (Wildman–Crippen LogP) is 3.40. The summed E-state index contributed by atoms with van der Waals surface area (Å²) in [5.41, 5.74) is 1.13. The summed E-state index contributed by atoms with van der Waals surface area (Å²) in [5.74, 6) is -0.202. The third kappa shape index (κ3) is 2.34. The first-order valence-electron chi connectivity index (χ1n) is 4.88. The van der Waals surface area contributed by atoms with Crippen molar-refractivity contribution in [1.82, 2.24) is 5.32 Å². The first kappa shape index (κ1) is 10.1. The highest BCUT2D eigenvalue weighted by Crippen LogP contribution is 2.26. The summed E-state index contributed by atoms with van der Waals surface area (Å²) in [6.07, 6.45) is 2.54. The molecule has 0 bridgehead atoms. The Bertz CT molecular complexity index is 336. The molecule has 0 radical (unpaired) electrons. The molecule has 1 fully saturated rings. The van der Waals surface area contributed by atoms with E-state index >= 15 is 0 Å². The molecule has 1 nitrogen and oxygen atoms in total. The van der Waals surface area contributed by atoms with Gasteiger partial charge in [0.15, 0.2) is 0 Å². The second-order valence-corrected chi connectivity index (χ2v) is 4.69. The molecule has 2 rings (SSSR count). The predicted molar refractivity (Wildman–Crippen MR) is 58.7 cm³/mol. The van der Waals surface area contributed by atoms with Crippen LogP contribution < -0.4 is 5.32 Å². The maximum atomic E-state index is 13.0. The molecule has 1 atom stereocenters. The fourth-order valence-electron chi connectivity index (χ4n) is 1.48. The number of nitrogens with one attached hydrogen (secondary N) is 1. The molecular weight excluding hydrogens is 245 g/mol. The molecule has 1 aliphatic rings. The molecule has 0 spiro atoms. The number of rotatable bonds is 3. The molecular formula is C11H13BrFN. The average Bonchev–Trinajstić information content (AvgIpc) is 2.93. The molecule has 0 heterocycles. The monoisotopic (exact) mass is 257 g/mol. The van der Waals surface area contributed by atoms with Gasteiger partial charge in [0.2, 0.25) is 0 Å². The van der Waals surface area contributed by atoms with Crippen LogP contribution in [0.1, 0.15) is 31.4 Å². The Morgan fingerprint density at radius 3 is 2.79 bits per heavy atom. The van der Waals surface area contributed by atoms with Crippen molar-refractivity contribution in [1.29, 1.82) is 0 Å². The Morgan fingerprint density at radius 1 is 1.50 bits per heavy atom. The minimum absolute atomic E-state index is 0.202. The van der Waals surface area contributed by atoms with Crippen LogP contribution in [0, 0.1) is 5.82 Å². The SMILES string of the molecule is CC(NC1CC1)c1ccc(F)c(Br)c1. The largest absolute Gasteiger partial charge is 0.307 e. The molecule has 1 aromatic carbocycles. The normalized spacial score (nSPS) is 18.2. The third-order valence-electron chi connectivity index (χ3n) is 2.51. The second kappa shape index (κ2) is 3.99. The van der Waals surface area contributed by atoms with Crippen LogP contribution in [0.4, 0.5) is 4.39 Å². The van der Waals surface area contributed by atoms with Gasteiger partial charge >= 0.3 is 0 Å². The lowest BCUT2D eigenvalue weighted by molar-refractivity contribution is 0.567. The zero-order valence-electron chi connectivity index (χ0n) is 8.06. The van der Waals surface area contributed by atoms with E-state index in [2.05, 4.69) is 28.2 Å². The minimum Gasteiger partial charge on any atom is -0.307 e. The lowest BCUT2D eigenvalue weighted by Crippen LogP contribution is -2.20. The summed E-state index contributed by atoms with van der Waals surface area (Å²) in [7, 11) is 0. The van der Waals surface area contributed by atoms with E-state index in [0.717, 1.165) is 5.56 Å². The molecule has 14 heavy (non-hydrogen) atoms. The Hall–Kier alpha value is -0.410. The summed E-state index contributed by atoms with van der Waals surface area (Å²) >= 11 is 3.19. The van der Waals surface area contributed by atoms with Gasteiger partial charge < -0.3 is 5.32 Å². The van der Waals surface area contributed by atoms with E-state index in [9.17, 15) is 4.39 Å². The Labute approximate surface area is 91.8 Å². The molecule has 0 saturated heterocycles. The van der Waals surface area contributed by atoms with Gasteiger partial charge in [-0.1, -0.05) is 6.07 Å². The van der Waals surface area contributed by atoms with E-state index in [4.69, 9.17) is 0 Å². The highest BCUT2D eigenvalue weighted by Gasteiger charge is 2.23. The molecule has 1 aromatic rings. The van der Waals surface area contributed by atoms with Crippen molar-refractivity contribution < 1.29 is 4.39 Å². The van der Waals surface area contributed by atoms with Gasteiger partial charge in [-0.05, 0) is 53.4 Å². The fourth-order valence-corrected chi connectivity index (χ4v) is 1.88. The van der Waals surface area contributed by atoms with Crippen LogP contribution in [0.15, 0.2) is 22.7 Å². The summed E-state index contributed by atoms with van der Waals surface area (Å²) in [5, 5.41) is 3.47. The molecule has 1 aliphatic carbocycles. The highest BCUT2D eigenvalue weighted by atomic mass is 79.9. The summed E-state index contributed by atoms with van der Waals surface area (Å²) in [6.45, 7) is 2.11. The zero-order valence-corrected chi connectivity index (χ0v) is 9.64. The first-order chi connectivity index (χ1) is 6.66. The van der Waals surface area contributed by atoms with E-state index in [1.54, 1.807) is 0 Å². The van der Waals surface area contributed by atoms with E-state index in [1.807, 2.05) is 12.1 Å². The van der Waals surface area contributed by atoms with Gasteiger partial charge in [0.25, 0.3) is 0 Å².